The van der Waals surface area contributed by atoms with Gasteiger partial charge in [0.2, 0.25) is 5.91 Å². The quantitative estimate of drug-likeness (QED) is 0.322. The first kappa shape index (κ1) is 17.0. The van der Waals surface area contributed by atoms with Gasteiger partial charge >= 0.3 is 7.60 Å². The Kier molecular flexibility index (Phi) is 5.34. The normalized spacial score (nSPS) is 12.1. The molecule has 0 heterocycles. The van der Waals surface area contributed by atoms with Gasteiger partial charge in [-0.25, -0.2) is 5.06 Å². The van der Waals surface area contributed by atoms with Crippen LogP contribution in [0.4, 0.5) is 5.69 Å². The van der Waals surface area contributed by atoms with E-state index in [4.69, 9.17) is 0 Å². The smallest absolute Gasteiger partial charge is 0.321 e. The summed E-state index contributed by atoms with van der Waals surface area (Å²) in [6.07, 6.45) is 0.946. The van der Waals surface area contributed by atoms with Crippen molar-refractivity contribution < 1.29 is 29.3 Å². The lowest BCUT2D eigenvalue weighted by atomic mass is 10.2. The number of hydrogen-bond acceptors (Lipinski definition) is 5. The molecule has 0 bridgehead atoms. The number of hydroxylamine groups is 2. The number of rotatable bonds is 5. The molecule has 0 unspecified atom stereocenters. The highest BCUT2D eigenvalue weighted by atomic mass is 31.2. The Labute approximate surface area is 119 Å². The molecule has 10 heteroatoms. The van der Waals surface area contributed by atoms with Gasteiger partial charge in [-0.05, 0) is 11.6 Å². The third-order valence-electron chi connectivity index (χ3n) is 2.49. The van der Waals surface area contributed by atoms with Crippen molar-refractivity contribution in [2.75, 3.05) is 6.54 Å². The van der Waals surface area contributed by atoms with Crippen LogP contribution >= 0.6 is 7.60 Å². The second kappa shape index (κ2) is 6.59. The number of non-ortho nitro benzene ring substituents is 1. The SMILES string of the molecule is CC(=O)N(O)C/C=C(/c1cccc([N+](=O)[O-])c1)P(=O)(O)O. The number of carbonyl (C=O) groups excluding carboxylic acids is 1. The van der Waals surface area contributed by atoms with Crippen molar-refractivity contribution in [3.05, 3.63) is 46.0 Å². The van der Waals surface area contributed by atoms with Gasteiger partial charge in [0.05, 0.1) is 16.8 Å². The zero-order valence-corrected chi connectivity index (χ0v) is 11.8. The zero-order valence-electron chi connectivity index (χ0n) is 10.9. The minimum Gasteiger partial charge on any atom is -0.321 e. The third-order valence-corrected chi connectivity index (χ3v) is 3.56. The average Bonchev–Trinajstić information content (AvgIpc) is 2.37. The fraction of sp³-hybridized carbons (Fsp3) is 0.182. The molecule has 0 fully saturated rings. The highest BCUT2D eigenvalue weighted by Gasteiger charge is 2.24. The number of carbonyl (C=O) groups is 1. The van der Waals surface area contributed by atoms with Crippen LogP contribution < -0.4 is 0 Å². The van der Waals surface area contributed by atoms with Gasteiger partial charge < -0.3 is 9.79 Å². The minimum absolute atomic E-state index is 0.0607. The summed E-state index contributed by atoms with van der Waals surface area (Å²) in [6.45, 7) is 0.608. The standard InChI is InChI=1S/C11H13N2O7P/c1-8(14)12(15)6-5-11(21(18,19)20)9-3-2-4-10(7-9)13(16)17/h2-5,7,15H,6H2,1H3,(H2,18,19,20)/b11-5-. The number of hydrogen-bond donors (Lipinski definition) is 3. The van der Waals surface area contributed by atoms with Crippen LogP contribution in [-0.4, -0.2) is 37.4 Å². The van der Waals surface area contributed by atoms with Crippen molar-refractivity contribution >= 4 is 24.5 Å². The molecule has 0 saturated heterocycles. The first-order chi connectivity index (χ1) is 9.62. The molecule has 0 atom stereocenters. The monoisotopic (exact) mass is 316 g/mol. The molecule has 0 saturated carbocycles. The molecule has 21 heavy (non-hydrogen) atoms. The van der Waals surface area contributed by atoms with Crippen molar-refractivity contribution in [2.45, 2.75) is 6.92 Å². The Morgan fingerprint density at radius 2 is 2.10 bits per heavy atom. The summed E-state index contributed by atoms with van der Waals surface area (Å²) in [4.78, 5) is 39.4. The van der Waals surface area contributed by atoms with Gasteiger partial charge in [-0.15, -0.1) is 0 Å². The van der Waals surface area contributed by atoms with Crippen LogP contribution in [-0.2, 0) is 9.36 Å². The molecule has 1 aromatic carbocycles. The predicted molar refractivity (Wildman–Crippen MR) is 72.3 cm³/mol. The van der Waals surface area contributed by atoms with Gasteiger partial charge in [0.1, 0.15) is 0 Å². The van der Waals surface area contributed by atoms with E-state index in [1.54, 1.807) is 0 Å². The molecule has 0 spiro atoms. The Morgan fingerprint density at radius 3 is 2.57 bits per heavy atom. The highest BCUT2D eigenvalue weighted by Crippen LogP contribution is 2.51. The van der Waals surface area contributed by atoms with E-state index >= 15 is 0 Å². The lowest BCUT2D eigenvalue weighted by Crippen LogP contribution is -2.24. The summed E-state index contributed by atoms with van der Waals surface area (Å²) >= 11 is 0. The third kappa shape index (κ3) is 4.76. The molecule has 3 N–H and O–H groups in total. The van der Waals surface area contributed by atoms with Crippen LogP contribution in [0.1, 0.15) is 12.5 Å². The van der Waals surface area contributed by atoms with Crippen molar-refractivity contribution in [1.82, 2.24) is 5.06 Å². The Morgan fingerprint density at radius 1 is 1.48 bits per heavy atom. The van der Waals surface area contributed by atoms with E-state index in [2.05, 4.69) is 0 Å². The molecule has 1 rings (SSSR count). The van der Waals surface area contributed by atoms with Gasteiger partial charge in [0.25, 0.3) is 5.69 Å². The van der Waals surface area contributed by atoms with Crippen molar-refractivity contribution in [3.8, 4) is 0 Å². The van der Waals surface area contributed by atoms with Crippen molar-refractivity contribution in [2.24, 2.45) is 0 Å². The number of amides is 1. The second-order valence-corrected chi connectivity index (χ2v) is 5.61. The topological polar surface area (TPSA) is 141 Å². The summed E-state index contributed by atoms with van der Waals surface area (Å²) < 4.78 is 11.5. The van der Waals surface area contributed by atoms with Gasteiger partial charge in [-0.3, -0.25) is 24.7 Å². The molecule has 0 aliphatic carbocycles. The molecular formula is C11H13N2O7P. The van der Waals surface area contributed by atoms with Crippen LogP contribution in [0, 0.1) is 10.1 Å². The van der Waals surface area contributed by atoms with E-state index in [-0.39, 0.29) is 16.3 Å². The van der Waals surface area contributed by atoms with Gasteiger partial charge in [0, 0.05) is 19.1 Å². The van der Waals surface area contributed by atoms with E-state index in [1.165, 1.54) is 18.2 Å². The average molecular weight is 316 g/mol. The van der Waals surface area contributed by atoms with Crippen molar-refractivity contribution in [1.29, 1.82) is 0 Å². The van der Waals surface area contributed by atoms with E-state index < -0.39 is 30.3 Å². The number of benzene rings is 1. The van der Waals surface area contributed by atoms with E-state index in [1.807, 2.05) is 0 Å². The summed E-state index contributed by atoms with van der Waals surface area (Å²) in [5.74, 6) is -0.713. The molecule has 1 aromatic rings. The van der Waals surface area contributed by atoms with Gasteiger partial charge in [-0.1, -0.05) is 12.1 Å². The zero-order chi connectivity index (χ0) is 16.2. The fourth-order valence-corrected chi connectivity index (χ4v) is 2.28. The van der Waals surface area contributed by atoms with Crippen LogP contribution in [0.3, 0.4) is 0 Å². The van der Waals surface area contributed by atoms with E-state index in [0.717, 1.165) is 19.1 Å². The fourth-order valence-electron chi connectivity index (χ4n) is 1.49. The number of nitrogens with zero attached hydrogens (tertiary/aromatic N) is 2. The Bertz CT molecular complexity index is 637. The van der Waals surface area contributed by atoms with E-state index in [9.17, 15) is 34.5 Å². The summed E-state index contributed by atoms with van der Waals surface area (Å²) in [5.41, 5.74) is -0.395. The van der Waals surface area contributed by atoms with E-state index in [0.29, 0.717) is 0 Å². The number of nitro benzene ring substituents is 1. The summed E-state index contributed by atoms with van der Waals surface area (Å²) in [6, 6.07) is 4.74. The lowest BCUT2D eigenvalue weighted by Gasteiger charge is -2.13. The van der Waals surface area contributed by atoms with Crippen LogP contribution in [0.5, 0.6) is 0 Å². The van der Waals surface area contributed by atoms with Crippen LogP contribution in [0.15, 0.2) is 30.3 Å². The lowest BCUT2D eigenvalue weighted by molar-refractivity contribution is -0.384. The summed E-state index contributed by atoms with van der Waals surface area (Å²) in [5, 5.41) is 19.6. The maximum Gasteiger partial charge on any atom is 0.356 e. The van der Waals surface area contributed by atoms with Crippen molar-refractivity contribution in [3.63, 3.8) is 0 Å². The molecular weight excluding hydrogens is 303 g/mol. The van der Waals surface area contributed by atoms with Crippen LogP contribution in [0.2, 0.25) is 0 Å². The number of nitro groups is 1. The predicted octanol–water partition coefficient (Wildman–Crippen LogP) is 1.35. The maximum atomic E-state index is 11.5. The Hall–Kier alpha value is -2.06. The van der Waals surface area contributed by atoms with Gasteiger partial charge in [0.15, 0.2) is 0 Å². The molecule has 0 radical (unpaired) electrons. The molecule has 114 valence electrons. The highest BCUT2D eigenvalue weighted by molar-refractivity contribution is 7.63. The first-order valence-electron chi connectivity index (χ1n) is 5.61. The molecule has 1 amide bonds. The second-order valence-electron chi connectivity index (χ2n) is 4.04. The molecule has 0 aromatic heterocycles. The summed E-state index contributed by atoms with van der Waals surface area (Å²) in [7, 11) is -4.74. The molecule has 0 aliphatic heterocycles. The maximum absolute atomic E-state index is 11.5. The molecule has 9 nitrogen and oxygen atoms in total. The Balaban J connectivity index is 3.24. The van der Waals surface area contributed by atoms with Crippen LogP contribution in [0.25, 0.3) is 5.31 Å². The minimum atomic E-state index is -4.74. The molecule has 0 aliphatic rings. The first-order valence-corrected chi connectivity index (χ1v) is 7.22. The largest absolute Gasteiger partial charge is 0.356 e. The van der Waals surface area contributed by atoms with Gasteiger partial charge in [-0.2, -0.15) is 0 Å².